The number of ether oxygens (including phenoxy) is 1. The lowest BCUT2D eigenvalue weighted by atomic mass is 9.86. The van der Waals surface area contributed by atoms with Crippen LogP contribution in [0.15, 0.2) is 12.2 Å². The SMILES string of the molecule is CCC(CC)OC1CC=CC(N)(C(=O)O)C1. The molecule has 4 heteroatoms. The van der Waals surface area contributed by atoms with E-state index in [1.54, 1.807) is 6.08 Å². The molecule has 0 amide bonds. The Hall–Kier alpha value is -0.870. The first kappa shape index (κ1) is 13.2. The van der Waals surface area contributed by atoms with E-state index in [0.717, 1.165) is 19.3 Å². The summed E-state index contributed by atoms with van der Waals surface area (Å²) in [6.45, 7) is 4.14. The molecule has 3 N–H and O–H groups in total. The van der Waals surface area contributed by atoms with Gasteiger partial charge in [0.2, 0.25) is 0 Å². The van der Waals surface area contributed by atoms with Crippen molar-refractivity contribution in [2.75, 3.05) is 0 Å². The number of aliphatic carboxylic acids is 1. The zero-order valence-corrected chi connectivity index (χ0v) is 9.98. The van der Waals surface area contributed by atoms with Crippen molar-refractivity contribution in [3.05, 3.63) is 12.2 Å². The van der Waals surface area contributed by atoms with Crippen LogP contribution in [0.4, 0.5) is 0 Å². The van der Waals surface area contributed by atoms with Crippen LogP contribution in [0, 0.1) is 0 Å². The predicted molar refractivity (Wildman–Crippen MR) is 62.2 cm³/mol. The predicted octanol–water partition coefficient (Wildman–Crippen LogP) is 1.69. The number of carboxylic acid groups (broad SMARTS) is 1. The van der Waals surface area contributed by atoms with Gasteiger partial charge in [-0.25, -0.2) is 4.79 Å². The van der Waals surface area contributed by atoms with Crippen molar-refractivity contribution < 1.29 is 14.6 Å². The molecule has 2 unspecified atom stereocenters. The highest BCUT2D eigenvalue weighted by Crippen LogP contribution is 2.24. The Kier molecular flexibility index (Phi) is 4.50. The Bertz CT molecular complexity index is 273. The van der Waals surface area contributed by atoms with Gasteiger partial charge in [-0.1, -0.05) is 26.0 Å². The summed E-state index contributed by atoms with van der Waals surface area (Å²) in [5.41, 5.74) is 4.53. The largest absolute Gasteiger partial charge is 0.480 e. The van der Waals surface area contributed by atoms with E-state index in [4.69, 9.17) is 15.6 Å². The van der Waals surface area contributed by atoms with Gasteiger partial charge in [0.05, 0.1) is 12.2 Å². The van der Waals surface area contributed by atoms with Crippen molar-refractivity contribution in [2.45, 2.75) is 57.3 Å². The number of nitrogens with two attached hydrogens (primary N) is 1. The number of hydrogen-bond acceptors (Lipinski definition) is 3. The minimum atomic E-state index is -1.26. The summed E-state index contributed by atoms with van der Waals surface area (Å²) in [6.07, 6.45) is 6.51. The molecule has 0 heterocycles. The molecule has 1 aliphatic carbocycles. The number of rotatable bonds is 5. The Morgan fingerprint density at radius 3 is 2.75 bits per heavy atom. The van der Waals surface area contributed by atoms with Gasteiger partial charge in [-0.05, 0) is 19.3 Å². The molecule has 0 aromatic rings. The number of hydrogen-bond donors (Lipinski definition) is 2. The third-order valence-corrected chi connectivity index (χ3v) is 3.07. The molecule has 1 aliphatic rings. The maximum atomic E-state index is 11.0. The standard InChI is InChI=1S/C12H21NO3/c1-3-9(4-2)16-10-6-5-7-12(13,8-10)11(14)15/h5,7,9-10H,3-4,6,8,13H2,1-2H3,(H,14,15). The average molecular weight is 227 g/mol. The molecule has 0 radical (unpaired) electrons. The minimum Gasteiger partial charge on any atom is -0.480 e. The van der Waals surface area contributed by atoms with E-state index in [9.17, 15) is 4.79 Å². The lowest BCUT2D eigenvalue weighted by Crippen LogP contribution is -2.50. The van der Waals surface area contributed by atoms with E-state index >= 15 is 0 Å². The minimum absolute atomic E-state index is 0.0731. The highest BCUT2D eigenvalue weighted by Gasteiger charge is 2.37. The number of carbonyl (C=O) groups is 1. The van der Waals surface area contributed by atoms with Crippen molar-refractivity contribution in [1.29, 1.82) is 0 Å². The quantitative estimate of drug-likeness (QED) is 0.701. The van der Waals surface area contributed by atoms with Gasteiger partial charge >= 0.3 is 5.97 Å². The Balaban J connectivity index is 2.60. The fraction of sp³-hybridized carbons (Fsp3) is 0.750. The highest BCUT2D eigenvalue weighted by atomic mass is 16.5. The molecular weight excluding hydrogens is 206 g/mol. The van der Waals surface area contributed by atoms with Gasteiger partial charge in [0, 0.05) is 6.42 Å². The second-order valence-corrected chi connectivity index (χ2v) is 4.38. The maximum absolute atomic E-state index is 11.0. The molecule has 0 aromatic heterocycles. The zero-order valence-electron chi connectivity index (χ0n) is 9.98. The second kappa shape index (κ2) is 5.46. The summed E-state index contributed by atoms with van der Waals surface area (Å²) in [7, 11) is 0. The van der Waals surface area contributed by atoms with Crippen LogP contribution in [0.2, 0.25) is 0 Å². The summed E-state index contributed by atoms with van der Waals surface area (Å²) in [5.74, 6) is -0.985. The van der Waals surface area contributed by atoms with E-state index in [-0.39, 0.29) is 12.2 Å². The molecule has 0 saturated heterocycles. The molecule has 16 heavy (non-hydrogen) atoms. The fourth-order valence-corrected chi connectivity index (χ4v) is 1.97. The van der Waals surface area contributed by atoms with E-state index in [2.05, 4.69) is 13.8 Å². The third-order valence-electron chi connectivity index (χ3n) is 3.07. The van der Waals surface area contributed by atoms with Crippen molar-refractivity contribution >= 4 is 5.97 Å². The maximum Gasteiger partial charge on any atom is 0.327 e. The molecule has 0 saturated carbocycles. The number of carboxylic acids is 1. The van der Waals surface area contributed by atoms with E-state index < -0.39 is 11.5 Å². The molecular formula is C12H21NO3. The van der Waals surface area contributed by atoms with Crippen LogP contribution in [0.25, 0.3) is 0 Å². The molecule has 92 valence electrons. The summed E-state index contributed by atoms with van der Waals surface area (Å²) < 4.78 is 5.84. The molecule has 0 aliphatic heterocycles. The summed E-state index contributed by atoms with van der Waals surface area (Å²) in [4.78, 5) is 11.0. The van der Waals surface area contributed by atoms with Gasteiger partial charge < -0.3 is 15.6 Å². The van der Waals surface area contributed by atoms with Crippen LogP contribution in [0.5, 0.6) is 0 Å². The molecule has 0 aromatic carbocycles. The van der Waals surface area contributed by atoms with Crippen LogP contribution < -0.4 is 5.73 Å². The molecule has 0 fully saturated rings. The zero-order chi connectivity index (χ0) is 12.2. The third kappa shape index (κ3) is 3.06. The molecule has 2 atom stereocenters. The Labute approximate surface area is 96.5 Å². The van der Waals surface area contributed by atoms with Crippen LogP contribution in [0.1, 0.15) is 39.5 Å². The first-order chi connectivity index (χ1) is 7.51. The Morgan fingerprint density at radius 1 is 1.62 bits per heavy atom. The van der Waals surface area contributed by atoms with E-state index in [1.807, 2.05) is 6.08 Å². The normalized spacial score (nSPS) is 29.6. The van der Waals surface area contributed by atoms with Crippen molar-refractivity contribution in [1.82, 2.24) is 0 Å². The van der Waals surface area contributed by atoms with Crippen molar-refractivity contribution in [3.8, 4) is 0 Å². The van der Waals surface area contributed by atoms with Gasteiger partial charge in [-0.15, -0.1) is 0 Å². The van der Waals surface area contributed by atoms with Crippen LogP contribution in [0.3, 0.4) is 0 Å². The van der Waals surface area contributed by atoms with Gasteiger partial charge in [0.15, 0.2) is 0 Å². The van der Waals surface area contributed by atoms with Crippen molar-refractivity contribution in [3.63, 3.8) is 0 Å². The van der Waals surface area contributed by atoms with E-state index in [0.29, 0.717) is 6.42 Å². The van der Waals surface area contributed by atoms with Crippen LogP contribution in [-0.4, -0.2) is 28.8 Å². The van der Waals surface area contributed by atoms with Crippen LogP contribution >= 0.6 is 0 Å². The molecule has 0 bridgehead atoms. The lowest BCUT2D eigenvalue weighted by molar-refractivity contribution is -0.143. The van der Waals surface area contributed by atoms with Crippen molar-refractivity contribution in [2.24, 2.45) is 5.73 Å². The van der Waals surface area contributed by atoms with Crippen LogP contribution in [-0.2, 0) is 9.53 Å². The highest BCUT2D eigenvalue weighted by molar-refractivity contribution is 5.81. The van der Waals surface area contributed by atoms with Gasteiger partial charge in [-0.3, -0.25) is 0 Å². The van der Waals surface area contributed by atoms with E-state index in [1.165, 1.54) is 0 Å². The fourth-order valence-electron chi connectivity index (χ4n) is 1.97. The Morgan fingerprint density at radius 2 is 2.25 bits per heavy atom. The summed E-state index contributed by atoms with van der Waals surface area (Å²) in [6, 6.07) is 0. The second-order valence-electron chi connectivity index (χ2n) is 4.38. The van der Waals surface area contributed by atoms with Gasteiger partial charge in [0.1, 0.15) is 5.54 Å². The smallest absolute Gasteiger partial charge is 0.327 e. The molecule has 4 nitrogen and oxygen atoms in total. The first-order valence-corrected chi connectivity index (χ1v) is 5.87. The summed E-state index contributed by atoms with van der Waals surface area (Å²) in [5, 5.41) is 9.03. The van der Waals surface area contributed by atoms with Gasteiger partial charge in [-0.2, -0.15) is 0 Å². The first-order valence-electron chi connectivity index (χ1n) is 5.87. The average Bonchev–Trinajstić information content (AvgIpc) is 2.26. The molecule has 1 rings (SSSR count). The van der Waals surface area contributed by atoms with Gasteiger partial charge in [0.25, 0.3) is 0 Å². The molecule has 0 spiro atoms. The monoisotopic (exact) mass is 227 g/mol. The topological polar surface area (TPSA) is 72.5 Å². The summed E-state index contributed by atoms with van der Waals surface area (Å²) >= 11 is 0. The lowest BCUT2D eigenvalue weighted by Gasteiger charge is -2.32.